The van der Waals surface area contributed by atoms with Crippen LogP contribution >= 0.6 is 22.9 Å². The number of carbonyl (C=O) groups excluding carboxylic acids is 1. The summed E-state index contributed by atoms with van der Waals surface area (Å²) in [5.74, 6) is 1.63. The second-order valence-corrected chi connectivity index (χ2v) is 8.89. The highest BCUT2D eigenvalue weighted by Gasteiger charge is 2.30. The quantitative estimate of drug-likeness (QED) is 0.570. The summed E-state index contributed by atoms with van der Waals surface area (Å²) in [4.78, 5) is 24.7. The summed E-state index contributed by atoms with van der Waals surface area (Å²) in [5.41, 5.74) is 1.79. The maximum absolute atomic E-state index is 13.1. The largest absolute Gasteiger partial charge is 0.445 e. The molecule has 3 aromatic rings. The zero-order chi connectivity index (χ0) is 21.1. The normalized spacial score (nSPS) is 16.6. The molecule has 1 amide bonds. The number of hydrogen-bond donors (Lipinski definition) is 1. The molecule has 30 heavy (non-hydrogen) atoms. The van der Waals surface area contributed by atoms with Crippen LogP contribution in [0.4, 0.5) is 5.13 Å². The molecular formula is C22H25ClN4O2S. The lowest BCUT2D eigenvalue weighted by atomic mass is 9.98. The van der Waals surface area contributed by atoms with Crippen molar-refractivity contribution in [2.75, 3.05) is 25.0 Å². The van der Waals surface area contributed by atoms with Crippen LogP contribution in [0.15, 0.2) is 34.9 Å². The average Bonchev–Trinajstić information content (AvgIpc) is 3.36. The molecule has 0 spiro atoms. The molecule has 1 atom stereocenters. The van der Waals surface area contributed by atoms with Gasteiger partial charge in [-0.3, -0.25) is 4.79 Å². The van der Waals surface area contributed by atoms with Crippen LogP contribution in [0.1, 0.15) is 58.3 Å². The second-order valence-electron chi connectivity index (χ2n) is 7.49. The first-order valence-corrected chi connectivity index (χ1v) is 11.4. The first-order chi connectivity index (χ1) is 14.5. The van der Waals surface area contributed by atoms with Gasteiger partial charge in [-0.25, -0.2) is 9.97 Å². The number of halogens is 1. The van der Waals surface area contributed by atoms with Crippen molar-refractivity contribution in [3.8, 4) is 0 Å². The van der Waals surface area contributed by atoms with Crippen molar-refractivity contribution in [1.82, 2.24) is 14.9 Å². The van der Waals surface area contributed by atoms with E-state index in [1.807, 2.05) is 43.0 Å². The van der Waals surface area contributed by atoms with Gasteiger partial charge in [0.05, 0.1) is 17.8 Å². The standard InChI is InChI=1S/C22H25ClN4O2S/c1-3-24-22-26-14(2)19(30-22)21(28)27-10-6-8-16(13-27)20-25-12-17(29-20)11-15-7-4-5-9-18(15)23/h4-5,7,9,12,16H,3,6,8,10-11,13H2,1-2H3,(H,24,26)/t16-/m0/s1. The second kappa shape index (κ2) is 9.18. The molecule has 1 aliphatic rings. The molecule has 0 bridgehead atoms. The van der Waals surface area contributed by atoms with Gasteiger partial charge in [-0.2, -0.15) is 0 Å². The molecule has 0 saturated carbocycles. The van der Waals surface area contributed by atoms with Crippen molar-refractivity contribution in [3.05, 3.63) is 63.3 Å². The minimum Gasteiger partial charge on any atom is -0.445 e. The summed E-state index contributed by atoms with van der Waals surface area (Å²) in [7, 11) is 0. The molecule has 0 unspecified atom stereocenters. The van der Waals surface area contributed by atoms with Crippen LogP contribution in [0.3, 0.4) is 0 Å². The third-order valence-electron chi connectivity index (χ3n) is 5.27. The molecule has 4 rings (SSSR count). The van der Waals surface area contributed by atoms with Gasteiger partial charge < -0.3 is 14.6 Å². The van der Waals surface area contributed by atoms with E-state index in [4.69, 9.17) is 16.0 Å². The number of oxazole rings is 1. The molecule has 8 heteroatoms. The van der Waals surface area contributed by atoms with E-state index >= 15 is 0 Å². The van der Waals surface area contributed by atoms with Gasteiger partial charge in [-0.15, -0.1) is 0 Å². The predicted molar refractivity (Wildman–Crippen MR) is 120 cm³/mol. The van der Waals surface area contributed by atoms with Crippen molar-refractivity contribution in [1.29, 1.82) is 0 Å². The van der Waals surface area contributed by atoms with Gasteiger partial charge in [0.1, 0.15) is 10.6 Å². The highest BCUT2D eigenvalue weighted by molar-refractivity contribution is 7.17. The SMILES string of the molecule is CCNc1nc(C)c(C(=O)N2CCC[C@H](c3ncc(Cc4ccccc4Cl)o3)C2)s1. The average molecular weight is 445 g/mol. The smallest absolute Gasteiger partial charge is 0.265 e. The zero-order valence-electron chi connectivity index (χ0n) is 17.2. The summed E-state index contributed by atoms with van der Waals surface area (Å²) < 4.78 is 6.05. The lowest BCUT2D eigenvalue weighted by molar-refractivity contribution is 0.0702. The van der Waals surface area contributed by atoms with Crippen molar-refractivity contribution < 1.29 is 9.21 Å². The predicted octanol–water partition coefficient (Wildman–Crippen LogP) is 5.14. The number of aryl methyl sites for hydroxylation is 1. The Labute approximate surface area is 185 Å². The lowest BCUT2D eigenvalue weighted by Gasteiger charge is -2.31. The molecule has 1 saturated heterocycles. The summed E-state index contributed by atoms with van der Waals surface area (Å²) in [6.07, 6.45) is 4.27. The van der Waals surface area contributed by atoms with Gasteiger partial charge in [-0.05, 0) is 38.3 Å². The fourth-order valence-electron chi connectivity index (χ4n) is 3.75. The van der Waals surface area contributed by atoms with E-state index in [0.29, 0.717) is 23.7 Å². The maximum Gasteiger partial charge on any atom is 0.265 e. The van der Waals surface area contributed by atoms with Crippen LogP contribution in [0, 0.1) is 6.92 Å². The first kappa shape index (κ1) is 20.9. The number of anilines is 1. The van der Waals surface area contributed by atoms with Crippen LogP contribution in [0.2, 0.25) is 5.02 Å². The Morgan fingerprint density at radius 2 is 2.23 bits per heavy atom. The Morgan fingerprint density at radius 1 is 1.40 bits per heavy atom. The van der Waals surface area contributed by atoms with Gasteiger partial charge in [-0.1, -0.05) is 41.1 Å². The van der Waals surface area contributed by atoms with E-state index in [1.54, 1.807) is 6.20 Å². The molecule has 2 aromatic heterocycles. The van der Waals surface area contributed by atoms with Crippen molar-refractivity contribution in [2.24, 2.45) is 0 Å². The Bertz CT molecular complexity index is 1030. The number of benzene rings is 1. The highest BCUT2D eigenvalue weighted by Crippen LogP contribution is 2.31. The van der Waals surface area contributed by atoms with Crippen LogP contribution in [-0.4, -0.2) is 40.4 Å². The fourth-order valence-corrected chi connectivity index (χ4v) is 4.96. The Morgan fingerprint density at radius 3 is 3.03 bits per heavy atom. The zero-order valence-corrected chi connectivity index (χ0v) is 18.7. The highest BCUT2D eigenvalue weighted by atomic mass is 35.5. The molecule has 0 aliphatic carbocycles. The number of nitrogens with one attached hydrogen (secondary N) is 1. The molecule has 1 aliphatic heterocycles. The lowest BCUT2D eigenvalue weighted by Crippen LogP contribution is -2.39. The Kier molecular flexibility index (Phi) is 6.39. The van der Waals surface area contributed by atoms with Gasteiger partial charge >= 0.3 is 0 Å². The third-order valence-corrected chi connectivity index (χ3v) is 6.74. The third kappa shape index (κ3) is 4.52. The summed E-state index contributed by atoms with van der Waals surface area (Å²) in [6.45, 7) is 6.05. The van der Waals surface area contributed by atoms with Gasteiger partial charge in [0, 0.05) is 31.1 Å². The molecular weight excluding hydrogens is 420 g/mol. The van der Waals surface area contributed by atoms with Crippen LogP contribution in [0.25, 0.3) is 0 Å². The number of rotatable bonds is 6. The van der Waals surface area contributed by atoms with E-state index in [9.17, 15) is 4.79 Å². The van der Waals surface area contributed by atoms with Crippen LogP contribution < -0.4 is 5.32 Å². The fraction of sp³-hybridized carbons (Fsp3) is 0.409. The van der Waals surface area contributed by atoms with Gasteiger partial charge in [0.25, 0.3) is 5.91 Å². The van der Waals surface area contributed by atoms with Crippen LogP contribution in [0.5, 0.6) is 0 Å². The number of aromatic nitrogens is 2. The summed E-state index contributed by atoms with van der Waals surface area (Å²) >= 11 is 7.69. The van der Waals surface area contributed by atoms with E-state index < -0.39 is 0 Å². The minimum atomic E-state index is 0.0432. The summed E-state index contributed by atoms with van der Waals surface area (Å²) in [6, 6.07) is 7.75. The molecule has 1 N–H and O–H groups in total. The van der Waals surface area contributed by atoms with E-state index in [2.05, 4.69) is 15.3 Å². The first-order valence-electron chi connectivity index (χ1n) is 10.2. The minimum absolute atomic E-state index is 0.0432. The molecule has 6 nitrogen and oxygen atoms in total. The van der Waals surface area contributed by atoms with Crippen molar-refractivity contribution >= 4 is 34.0 Å². The van der Waals surface area contributed by atoms with E-state index in [1.165, 1.54) is 11.3 Å². The molecule has 1 fully saturated rings. The molecule has 158 valence electrons. The van der Waals surface area contributed by atoms with Crippen LogP contribution in [-0.2, 0) is 6.42 Å². The maximum atomic E-state index is 13.1. The van der Waals surface area contributed by atoms with Crippen molar-refractivity contribution in [3.63, 3.8) is 0 Å². The van der Waals surface area contributed by atoms with E-state index in [-0.39, 0.29) is 11.8 Å². The Balaban J connectivity index is 1.45. The van der Waals surface area contributed by atoms with E-state index in [0.717, 1.165) is 53.1 Å². The number of piperidine rings is 1. The topological polar surface area (TPSA) is 71.3 Å². The molecule has 0 radical (unpaired) electrons. The number of thiazole rings is 1. The number of hydrogen-bond acceptors (Lipinski definition) is 6. The number of nitrogens with zero attached hydrogens (tertiary/aromatic N) is 3. The van der Waals surface area contributed by atoms with Gasteiger partial charge in [0.2, 0.25) is 0 Å². The van der Waals surface area contributed by atoms with Gasteiger partial charge in [0.15, 0.2) is 11.0 Å². The number of carbonyl (C=O) groups is 1. The molecule has 3 heterocycles. The number of amides is 1. The Hall–Kier alpha value is -2.38. The number of likely N-dealkylation sites (tertiary alicyclic amines) is 1. The summed E-state index contributed by atoms with van der Waals surface area (Å²) in [5, 5.41) is 4.71. The monoisotopic (exact) mass is 444 g/mol. The molecule has 1 aromatic carbocycles. The van der Waals surface area contributed by atoms with Crippen molar-refractivity contribution in [2.45, 2.75) is 39.0 Å².